The maximum atomic E-state index is 13.0. The molecule has 4 heterocycles. The van der Waals surface area contributed by atoms with Crippen molar-refractivity contribution >= 4 is 40.0 Å². The number of aryl methyl sites for hydroxylation is 1. The van der Waals surface area contributed by atoms with Crippen LogP contribution in [-0.4, -0.2) is 40.0 Å². The molecule has 0 atom stereocenters. The summed E-state index contributed by atoms with van der Waals surface area (Å²) in [6.45, 7) is -0.0915. The molecule has 3 aromatic heterocycles. The van der Waals surface area contributed by atoms with E-state index in [1.54, 1.807) is 44.0 Å². The monoisotopic (exact) mass is 446 g/mol. The van der Waals surface area contributed by atoms with Crippen molar-refractivity contribution in [1.29, 1.82) is 0 Å². The molecule has 1 amide bonds. The van der Waals surface area contributed by atoms with E-state index in [0.29, 0.717) is 29.4 Å². The summed E-state index contributed by atoms with van der Waals surface area (Å²) >= 11 is 6.08. The van der Waals surface area contributed by atoms with Crippen molar-refractivity contribution in [3.05, 3.63) is 71.8 Å². The van der Waals surface area contributed by atoms with Gasteiger partial charge in [-0.05, 0) is 48.4 Å². The molecule has 0 fully saturated rings. The highest BCUT2D eigenvalue weighted by Gasteiger charge is 2.28. The second-order valence-electron chi connectivity index (χ2n) is 7.60. The Morgan fingerprint density at radius 3 is 2.75 bits per heavy atom. The van der Waals surface area contributed by atoms with Gasteiger partial charge in [0.2, 0.25) is 5.91 Å². The zero-order valence-corrected chi connectivity index (χ0v) is 18.0. The summed E-state index contributed by atoms with van der Waals surface area (Å²) in [6, 6.07) is 11.0. The fourth-order valence-electron chi connectivity index (χ4n) is 3.90. The van der Waals surface area contributed by atoms with Crippen LogP contribution in [0.3, 0.4) is 0 Å². The number of fused-ring (bicyclic) bond motifs is 2. The van der Waals surface area contributed by atoms with Gasteiger partial charge in [-0.3, -0.25) is 24.0 Å². The molecule has 4 aromatic rings. The third-order valence-electron chi connectivity index (χ3n) is 5.56. The standard InChI is InChI=1S/C24H19ClN4O3/c1-32-20-4-2-16-12-28(13-18(16)9-20)23(31)14-29-22(30)5-3-15-8-17(11-27-24(15)29)21-10-19(25)6-7-26-21/h2,4,6-13H,3,5,14H2,1H3. The molecule has 0 N–H and O–H groups in total. The molecule has 0 unspecified atom stereocenters. The van der Waals surface area contributed by atoms with Gasteiger partial charge >= 0.3 is 0 Å². The summed E-state index contributed by atoms with van der Waals surface area (Å²) in [4.78, 5) is 36.0. The lowest BCUT2D eigenvalue weighted by Gasteiger charge is -2.28. The van der Waals surface area contributed by atoms with Crippen LogP contribution in [0.1, 0.15) is 16.8 Å². The van der Waals surface area contributed by atoms with Gasteiger partial charge in [0, 0.05) is 52.6 Å². The number of pyridine rings is 2. The number of hydrogen-bond acceptors (Lipinski definition) is 5. The Balaban J connectivity index is 1.43. The molecule has 0 aliphatic carbocycles. The van der Waals surface area contributed by atoms with Crippen LogP contribution in [0, 0.1) is 0 Å². The molecular formula is C24H19ClN4O3. The van der Waals surface area contributed by atoms with E-state index in [4.69, 9.17) is 16.3 Å². The minimum absolute atomic E-state index is 0.0915. The molecule has 160 valence electrons. The molecule has 8 heteroatoms. The van der Waals surface area contributed by atoms with E-state index in [0.717, 1.165) is 27.6 Å². The molecule has 1 aliphatic rings. The van der Waals surface area contributed by atoms with E-state index >= 15 is 0 Å². The molecule has 1 aromatic carbocycles. The first-order valence-electron chi connectivity index (χ1n) is 10.1. The Kier molecular flexibility index (Phi) is 5.11. The average Bonchev–Trinajstić information content (AvgIpc) is 3.24. The van der Waals surface area contributed by atoms with Crippen LogP contribution in [0.25, 0.3) is 22.0 Å². The minimum atomic E-state index is -0.219. The molecular weight excluding hydrogens is 428 g/mol. The van der Waals surface area contributed by atoms with Crippen LogP contribution >= 0.6 is 11.6 Å². The second-order valence-corrected chi connectivity index (χ2v) is 8.04. The van der Waals surface area contributed by atoms with Crippen LogP contribution in [0.2, 0.25) is 5.02 Å². The third kappa shape index (κ3) is 3.71. The van der Waals surface area contributed by atoms with Crippen LogP contribution in [-0.2, 0) is 11.2 Å². The van der Waals surface area contributed by atoms with Crippen molar-refractivity contribution in [1.82, 2.24) is 14.5 Å². The van der Waals surface area contributed by atoms with E-state index in [1.807, 2.05) is 24.3 Å². The number of carbonyl (C=O) groups excluding carboxylic acids is 2. The summed E-state index contributed by atoms with van der Waals surface area (Å²) < 4.78 is 6.76. The summed E-state index contributed by atoms with van der Waals surface area (Å²) in [5, 5.41) is 2.40. The van der Waals surface area contributed by atoms with Gasteiger partial charge in [-0.15, -0.1) is 0 Å². The molecule has 7 nitrogen and oxygen atoms in total. The van der Waals surface area contributed by atoms with Crippen molar-refractivity contribution in [2.24, 2.45) is 0 Å². The topological polar surface area (TPSA) is 77.3 Å². The number of hydrogen-bond donors (Lipinski definition) is 0. The highest BCUT2D eigenvalue weighted by atomic mass is 35.5. The second kappa shape index (κ2) is 8.09. The summed E-state index contributed by atoms with van der Waals surface area (Å²) in [5.74, 6) is 0.893. The van der Waals surface area contributed by atoms with Crippen LogP contribution in [0.5, 0.6) is 5.75 Å². The fourth-order valence-corrected chi connectivity index (χ4v) is 4.06. The molecule has 0 saturated carbocycles. The van der Waals surface area contributed by atoms with Crippen molar-refractivity contribution in [2.45, 2.75) is 12.8 Å². The number of benzene rings is 1. The van der Waals surface area contributed by atoms with Crippen molar-refractivity contribution < 1.29 is 14.3 Å². The van der Waals surface area contributed by atoms with E-state index in [9.17, 15) is 9.59 Å². The first kappa shape index (κ1) is 20.2. The molecule has 5 rings (SSSR count). The number of methoxy groups -OCH3 is 1. The van der Waals surface area contributed by atoms with Crippen LogP contribution in [0.15, 0.2) is 61.2 Å². The largest absolute Gasteiger partial charge is 0.497 e. The maximum Gasteiger partial charge on any atom is 0.250 e. The van der Waals surface area contributed by atoms with Gasteiger partial charge < -0.3 is 4.74 Å². The molecule has 32 heavy (non-hydrogen) atoms. The lowest BCUT2D eigenvalue weighted by molar-refractivity contribution is -0.118. The SMILES string of the molecule is COc1ccc2cn(C(=O)CN3C(=O)CCc4cc(-c5cc(Cl)ccn5)cnc43)cc2c1. The zero-order valence-electron chi connectivity index (χ0n) is 17.3. The first-order valence-corrected chi connectivity index (χ1v) is 10.5. The predicted molar refractivity (Wildman–Crippen MR) is 122 cm³/mol. The van der Waals surface area contributed by atoms with Crippen molar-refractivity contribution in [2.75, 3.05) is 18.6 Å². The molecule has 0 spiro atoms. The summed E-state index contributed by atoms with van der Waals surface area (Å²) in [5.41, 5.74) is 2.43. The maximum absolute atomic E-state index is 13.0. The third-order valence-corrected chi connectivity index (χ3v) is 5.79. The van der Waals surface area contributed by atoms with Crippen LogP contribution < -0.4 is 9.64 Å². The smallest absolute Gasteiger partial charge is 0.250 e. The zero-order chi connectivity index (χ0) is 22.2. The van der Waals surface area contributed by atoms with E-state index in [-0.39, 0.29) is 18.4 Å². The number of anilines is 1. The molecule has 0 bridgehead atoms. The van der Waals surface area contributed by atoms with Gasteiger partial charge in [-0.1, -0.05) is 11.6 Å². The van der Waals surface area contributed by atoms with Gasteiger partial charge in [0.1, 0.15) is 18.1 Å². The highest BCUT2D eigenvalue weighted by molar-refractivity contribution is 6.30. The van der Waals surface area contributed by atoms with Gasteiger partial charge in [0.05, 0.1) is 12.8 Å². The summed E-state index contributed by atoms with van der Waals surface area (Å²) in [6.07, 6.45) is 7.68. The van der Waals surface area contributed by atoms with E-state index < -0.39 is 0 Å². The number of rotatable bonds is 4. The molecule has 1 aliphatic heterocycles. The number of nitrogens with zero attached hydrogens (tertiary/aromatic N) is 4. The number of carbonyl (C=O) groups is 2. The highest BCUT2D eigenvalue weighted by Crippen LogP contribution is 2.30. The number of aromatic nitrogens is 3. The lowest BCUT2D eigenvalue weighted by Crippen LogP contribution is -2.41. The Bertz CT molecular complexity index is 1360. The summed E-state index contributed by atoms with van der Waals surface area (Å²) in [7, 11) is 1.60. The van der Waals surface area contributed by atoms with E-state index in [1.165, 1.54) is 9.47 Å². The van der Waals surface area contributed by atoms with Gasteiger partial charge in [-0.25, -0.2) is 4.98 Å². The minimum Gasteiger partial charge on any atom is -0.497 e. The van der Waals surface area contributed by atoms with Crippen LogP contribution in [0.4, 0.5) is 5.82 Å². The van der Waals surface area contributed by atoms with Crippen molar-refractivity contribution in [3.8, 4) is 17.0 Å². The van der Waals surface area contributed by atoms with E-state index in [2.05, 4.69) is 9.97 Å². The molecule has 0 saturated heterocycles. The number of halogens is 1. The number of ether oxygens (including phenoxy) is 1. The predicted octanol–water partition coefficient (Wildman–Crippen LogP) is 4.38. The Morgan fingerprint density at radius 2 is 1.94 bits per heavy atom. The van der Waals surface area contributed by atoms with Gasteiger partial charge in [0.25, 0.3) is 5.91 Å². The molecule has 0 radical (unpaired) electrons. The number of amides is 1. The van der Waals surface area contributed by atoms with Gasteiger partial charge in [0.15, 0.2) is 0 Å². The van der Waals surface area contributed by atoms with Gasteiger partial charge in [-0.2, -0.15) is 0 Å². The normalized spacial score (nSPS) is 13.3. The fraction of sp³-hybridized carbons (Fsp3) is 0.167. The Labute approximate surface area is 189 Å². The lowest BCUT2D eigenvalue weighted by atomic mass is 10.0. The average molecular weight is 447 g/mol. The van der Waals surface area contributed by atoms with Crippen molar-refractivity contribution in [3.63, 3.8) is 0 Å². The Morgan fingerprint density at radius 1 is 1.09 bits per heavy atom. The quantitative estimate of drug-likeness (QED) is 0.465. The Hall–Kier alpha value is -3.71. The first-order chi connectivity index (χ1) is 15.5.